The average Bonchev–Trinajstić information content (AvgIpc) is 1.98. The minimum Gasteiger partial charge on any atom is -0.114 e. The van der Waals surface area contributed by atoms with Crippen molar-refractivity contribution in [3.05, 3.63) is 22.3 Å². The monoisotopic (exact) mass is 218 g/mol. The summed E-state index contributed by atoms with van der Waals surface area (Å²) >= 11 is 12.7. The minimum absolute atomic E-state index is 0.181. The van der Waals surface area contributed by atoms with Crippen LogP contribution in [0.2, 0.25) is 0 Å². The van der Waals surface area contributed by atoms with Gasteiger partial charge in [0, 0.05) is 10.4 Å². The zero-order valence-corrected chi connectivity index (χ0v) is 10.3. The van der Waals surface area contributed by atoms with Crippen LogP contribution in [0.4, 0.5) is 0 Å². The highest BCUT2D eigenvalue weighted by Crippen LogP contribution is 2.50. The second kappa shape index (κ2) is 3.03. The number of halogens is 2. The van der Waals surface area contributed by atoms with Gasteiger partial charge in [-0.05, 0) is 31.9 Å². The highest BCUT2D eigenvalue weighted by atomic mass is 35.5. The molecule has 0 amide bonds. The van der Waals surface area contributed by atoms with Gasteiger partial charge in [0.1, 0.15) is 0 Å². The Balaban J connectivity index is 3.32. The Kier molecular flexibility index (Phi) is 2.60. The van der Waals surface area contributed by atoms with Crippen molar-refractivity contribution in [3.8, 4) is 0 Å². The molecule has 0 aliphatic heterocycles. The molecule has 2 heteroatoms. The van der Waals surface area contributed by atoms with Crippen molar-refractivity contribution in [1.29, 1.82) is 0 Å². The molecule has 13 heavy (non-hydrogen) atoms. The summed E-state index contributed by atoms with van der Waals surface area (Å²) in [5.74, 6) is 0. The van der Waals surface area contributed by atoms with Crippen molar-refractivity contribution in [3.63, 3.8) is 0 Å². The van der Waals surface area contributed by atoms with Gasteiger partial charge in [-0.2, -0.15) is 0 Å². The zero-order chi connectivity index (χ0) is 10.4. The first-order valence-electron chi connectivity index (χ1n) is 4.46. The molecule has 0 bridgehead atoms. The molecule has 1 atom stereocenters. The number of alkyl halides is 1. The lowest BCUT2D eigenvalue weighted by Crippen LogP contribution is -2.38. The van der Waals surface area contributed by atoms with Gasteiger partial charge in [-0.25, -0.2) is 0 Å². The number of hydrogen-bond donors (Lipinski definition) is 0. The Morgan fingerprint density at radius 3 is 2.08 bits per heavy atom. The molecule has 0 saturated heterocycles. The number of hydrogen-bond acceptors (Lipinski definition) is 0. The summed E-state index contributed by atoms with van der Waals surface area (Å²) in [6.45, 7) is 10.3. The van der Waals surface area contributed by atoms with Crippen molar-refractivity contribution in [2.75, 3.05) is 0 Å². The highest BCUT2D eigenvalue weighted by molar-refractivity contribution is 6.33. The van der Waals surface area contributed by atoms with E-state index < -0.39 is 0 Å². The Hall–Kier alpha value is 0.0600. The van der Waals surface area contributed by atoms with E-state index in [4.69, 9.17) is 23.2 Å². The van der Waals surface area contributed by atoms with Crippen LogP contribution in [0.1, 0.15) is 34.6 Å². The van der Waals surface area contributed by atoms with Crippen LogP contribution in [-0.4, -0.2) is 4.87 Å². The second-order valence-corrected chi connectivity index (χ2v) is 5.63. The maximum Gasteiger partial charge on any atom is 0.0703 e. The lowest BCUT2D eigenvalue weighted by molar-refractivity contribution is 0.377. The van der Waals surface area contributed by atoms with Crippen LogP contribution < -0.4 is 0 Å². The fourth-order valence-corrected chi connectivity index (χ4v) is 2.20. The van der Waals surface area contributed by atoms with Crippen LogP contribution in [0.3, 0.4) is 0 Å². The Morgan fingerprint density at radius 2 is 1.62 bits per heavy atom. The van der Waals surface area contributed by atoms with Crippen LogP contribution in [0, 0.1) is 5.41 Å². The van der Waals surface area contributed by atoms with Crippen molar-refractivity contribution in [2.24, 2.45) is 5.41 Å². The molecule has 0 aromatic rings. The van der Waals surface area contributed by atoms with E-state index in [1.165, 1.54) is 5.57 Å². The van der Waals surface area contributed by atoms with E-state index in [-0.39, 0.29) is 10.3 Å². The number of allylic oxidation sites excluding steroid dienone is 4. The standard InChI is InChI=1S/C11H16Cl2/c1-7-6-11(5,13)10(3,4)9(12)8(7)2/h6H,1-5H3. The molecule has 0 aromatic heterocycles. The summed E-state index contributed by atoms with van der Waals surface area (Å²) in [5.41, 5.74) is 2.16. The molecule has 1 aliphatic carbocycles. The van der Waals surface area contributed by atoms with E-state index in [9.17, 15) is 0 Å². The Bertz CT molecular complexity index is 293. The maximum absolute atomic E-state index is 6.42. The third-order valence-electron chi connectivity index (χ3n) is 3.18. The van der Waals surface area contributed by atoms with E-state index in [2.05, 4.69) is 19.9 Å². The van der Waals surface area contributed by atoms with E-state index in [1.807, 2.05) is 20.8 Å². The van der Waals surface area contributed by atoms with Gasteiger partial charge >= 0.3 is 0 Å². The van der Waals surface area contributed by atoms with E-state index in [0.717, 1.165) is 10.6 Å². The molecule has 0 aromatic carbocycles. The summed E-state index contributed by atoms with van der Waals surface area (Å²) in [6.07, 6.45) is 2.09. The molecule has 0 spiro atoms. The summed E-state index contributed by atoms with van der Waals surface area (Å²) in [6, 6.07) is 0. The molecular weight excluding hydrogens is 203 g/mol. The normalized spacial score (nSPS) is 33.3. The molecular formula is C11H16Cl2. The van der Waals surface area contributed by atoms with Crippen molar-refractivity contribution >= 4 is 23.2 Å². The first-order valence-corrected chi connectivity index (χ1v) is 5.21. The van der Waals surface area contributed by atoms with Crippen LogP contribution >= 0.6 is 23.2 Å². The lowest BCUT2D eigenvalue weighted by atomic mass is 9.72. The minimum atomic E-state index is -0.381. The molecule has 0 radical (unpaired) electrons. The van der Waals surface area contributed by atoms with Crippen LogP contribution in [0.5, 0.6) is 0 Å². The summed E-state index contributed by atoms with van der Waals surface area (Å²) in [5, 5.41) is 0.880. The van der Waals surface area contributed by atoms with Crippen molar-refractivity contribution in [2.45, 2.75) is 39.5 Å². The summed E-state index contributed by atoms with van der Waals surface area (Å²) in [7, 11) is 0. The van der Waals surface area contributed by atoms with Crippen LogP contribution in [-0.2, 0) is 0 Å². The smallest absolute Gasteiger partial charge is 0.0703 e. The third kappa shape index (κ3) is 1.55. The van der Waals surface area contributed by atoms with Crippen LogP contribution in [0.25, 0.3) is 0 Å². The molecule has 0 saturated carbocycles. The molecule has 0 N–H and O–H groups in total. The first kappa shape index (κ1) is 11.1. The second-order valence-electron chi connectivity index (χ2n) is 4.47. The molecule has 0 heterocycles. The largest absolute Gasteiger partial charge is 0.114 e. The van der Waals surface area contributed by atoms with Gasteiger partial charge in [-0.3, -0.25) is 0 Å². The number of rotatable bonds is 0. The Labute approximate surface area is 90.6 Å². The van der Waals surface area contributed by atoms with E-state index in [1.54, 1.807) is 0 Å². The molecule has 1 rings (SSSR count). The predicted octanol–water partition coefficient (Wildman–Crippen LogP) is 4.48. The maximum atomic E-state index is 6.42. The van der Waals surface area contributed by atoms with Gasteiger partial charge in [0.15, 0.2) is 0 Å². The Morgan fingerprint density at radius 1 is 1.15 bits per heavy atom. The average molecular weight is 219 g/mol. The zero-order valence-electron chi connectivity index (χ0n) is 8.83. The van der Waals surface area contributed by atoms with E-state index in [0.29, 0.717) is 0 Å². The highest BCUT2D eigenvalue weighted by Gasteiger charge is 2.43. The summed E-state index contributed by atoms with van der Waals surface area (Å²) < 4.78 is 0. The molecule has 1 unspecified atom stereocenters. The third-order valence-corrected chi connectivity index (χ3v) is 4.52. The molecule has 0 fully saturated rings. The van der Waals surface area contributed by atoms with Crippen molar-refractivity contribution in [1.82, 2.24) is 0 Å². The first-order chi connectivity index (χ1) is 5.70. The SMILES string of the molecule is CC1=CC(C)(Cl)C(C)(C)C(Cl)=C1C. The van der Waals surface area contributed by atoms with Gasteiger partial charge in [0.2, 0.25) is 0 Å². The predicted molar refractivity (Wildman–Crippen MR) is 60.3 cm³/mol. The molecule has 1 aliphatic rings. The topological polar surface area (TPSA) is 0 Å². The summed E-state index contributed by atoms with van der Waals surface area (Å²) in [4.78, 5) is -0.381. The molecule has 74 valence electrons. The fraction of sp³-hybridized carbons (Fsp3) is 0.636. The van der Waals surface area contributed by atoms with Crippen LogP contribution in [0.15, 0.2) is 22.3 Å². The van der Waals surface area contributed by atoms with Gasteiger partial charge < -0.3 is 0 Å². The van der Waals surface area contributed by atoms with Gasteiger partial charge in [-0.15, -0.1) is 11.6 Å². The van der Waals surface area contributed by atoms with Crippen molar-refractivity contribution < 1.29 is 0 Å². The van der Waals surface area contributed by atoms with E-state index >= 15 is 0 Å². The molecule has 0 nitrogen and oxygen atoms in total. The lowest BCUT2D eigenvalue weighted by Gasteiger charge is -2.41. The van der Waals surface area contributed by atoms with Gasteiger partial charge in [0.25, 0.3) is 0 Å². The quantitative estimate of drug-likeness (QED) is 0.527. The van der Waals surface area contributed by atoms with Gasteiger partial charge in [-0.1, -0.05) is 31.5 Å². The van der Waals surface area contributed by atoms with Gasteiger partial charge in [0.05, 0.1) is 4.87 Å². The fourth-order valence-electron chi connectivity index (χ4n) is 1.55.